The second-order valence-corrected chi connectivity index (χ2v) is 4.88. The van der Waals surface area contributed by atoms with Gasteiger partial charge in [0, 0.05) is 11.6 Å². The Hall–Kier alpha value is -1.59. The van der Waals surface area contributed by atoms with Gasteiger partial charge < -0.3 is 5.32 Å². The Morgan fingerprint density at radius 2 is 2.00 bits per heavy atom. The van der Waals surface area contributed by atoms with E-state index in [0.717, 1.165) is 12.8 Å². The number of rotatable bonds is 3. The Kier molecular flexibility index (Phi) is 4.39. The van der Waals surface area contributed by atoms with E-state index in [-0.39, 0.29) is 6.04 Å². The standard InChI is InChI=1S/C12H11Cl2N3O2/c13-9-3-1-2-7(10(9)14)6-15-17-12(19)11(18)16-8-4-5-8/h1-3,6,8H,4-5H2,(H,16,18)(H,17,19). The number of halogens is 2. The van der Waals surface area contributed by atoms with E-state index in [2.05, 4.69) is 15.8 Å². The van der Waals surface area contributed by atoms with Crippen molar-refractivity contribution in [2.24, 2.45) is 5.10 Å². The number of hydrogen-bond donors (Lipinski definition) is 2. The van der Waals surface area contributed by atoms with Crippen molar-refractivity contribution >= 4 is 41.2 Å². The van der Waals surface area contributed by atoms with Crippen LogP contribution in [0.2, 0.25) is 10.0 Å². The molecule has 0 unspecified atom stereocenters. The summed E-state index contributed by atoms with van der Waals surface area (Å²) in [5.41, 5.74) is 2.68. The Bertz CT molecular complexity index is 542. The van der Waals surface area contributed by atoms with Crippen molar-refractivity contribution in [1.29, 1.82) is 0 Å². The van der Waals surface area contributed by atoms with E-state index >= 15 is 0 Å². The number of carbonyl (C=O) groups excluding carboxylic acids is 2. The Morgan fingerprint density at radius 1 is 1.26 bits per heavy atom. The minimum atomic E-state index is -0.804. The summed E-state index contributed by atoms with van der Waals surface area (Å²) < 4.78 is 0. The minimum absolute atomic E-state index is 0.129. The van der Waals surface area contributed by atoms with Crippen LogP contribution in [0.25, 0.3) is 0 Å². The van der Waals surface area contributed by atoms with E-state index < -0.39 is 11.8 Å². The first-order valence-corrected chi connectivity index (χ1v) is 6.41. The summed E-state index contributed by atoms with van der Waals surface area (Å²) in [5.74, 6) is -1.49. The fraction of sp³-hybridized carbons (Fsp3) is 0.250. The van der Waals surface area contributed by atoms with Crippen molar-refractivity contribution in [1.82, 2.24) is 10.7 Å². The van der Waals surface area contributed by atoms with Gasteiger partial charge in [-0.05, 0) is 18.9 Å². The predicted molar refractivity (Wildman–Crippen MR) is 73.4 cm³/mol. The van der Waals surface area contributed by atoms with E-state index in [1.165, 1.54) is 6.21 Å². The monoisotopic (exact) mass is 299 g/mol. The smallest absolute Gasteiger partial charge is 0.329 e. The molecular weight excluding hydrogens is 289 g/mol. The number of nitrogens with zero attached hydrogens (tertiary/aromatic N) is 1. The molecule has 100 valence electrons. The Labute approximate surface area is 120 Å². The molecule has 0 spiro atoms. The van der Waals surface area contributed by atoms with E-state index in [9.17, 15) is 9.59 Å². The SMILES string of the molecule is O=C(NN=Cc1cccc(Cl)c1Cl)C(=O)NC1CC1. The molecule has 0 aliphatic heterocycles. The highest BCUT2D eigenvalue weighted by Gasteiger charge is 2.26. The lowest BCUT2D eigenvalue weighted by molar-refractivity contribution is -0.139. The zero-order valence-electron chi connectivity index (χ0n) is 9.82. The molecule has 1 aromatic rings. The maximum absolute atomic E-state index is 11.4. The van der Waals surface area contributed by atoms with Gasteiger partial charge in [-0.3, -0.25) is 9.59 Å². The summed E-state index contributed by atoms with van der Waals surface area (Å²) in [6, 6.07) is 5.17. The summed E-state index contributed by atoms with van der Waals surface area (Å²) in [6.45, 7) is 0. The molecule has 1 aromatic carbocycles. The first-order chi connectivity index (χ1) is 9.08. The highest BCUT2D eigenvalue weighted by molar-refractivity contribution is 6.43. The van der Waals surface area contributed by atoms with Crippen molar-refractivity contribution in [3.05, 3.63) is 33.8 Å². The molecule has 0 saturated heterocycles. The van der Waals surface area contributed by atoms with Crippen LogP contribution in [0.5, 0.6) is 0 Å². The quantitative estimate of drug-likeness (QED) is 0.507. The molecule has 5 nitrogen and oxygen atoms in total. The molecule has 1 fully saturated rings. The van der Waals surface area contributed by atoms with Crippen LogP contribution in [0.4, 0.5) is 0 Å². The van der Waals surface area contributed by atoms with E-state index in [1.54, 1.807) is 18.2 Å². The molecule has 0 radical (unpaired) electrons. The average Bonchev–Trinajstić information content (AvgIpc) is 3.18. The number of carbonyl (C=O) groups is 2. The third-order valence-corrected chi connectivity index (χ3v) is 3.30. The third-order valence-electron chi connectivity index (χ3n) is 2.47. The molecular formula is C12H11Cl2N3O2. The molecule has 19 heavy (non-hydrogen) atoms. The second kappa shape index (κ2) is 6.04. The first kappa shape index (κ1) is 13.8. The first-order valence-electron chi connectivity index (χ1n) is 5.66. The van der Waals surface area contributed by atoms with Gasteiger partial charge in [0.2, 0.25) is 0 Å². The maximum Gasteiger partial charge on any atom is 0.329 e. The van der Waals surface area contributed by atoms with Gasteiger partial charge in [0.1, 0.15) is 0 Å². The zero-order chi connectivity index (χ0) is 13.8. The molecule has 2 amide bonds. The van der Waals surface area contributed by atoms with Crippen LogP contribution in [0.3, 0.4) is 0 Å². The molecule has 1 aliphatic carbocycles. The van der Waals surface area contributed by atoms with Crippen LogP contribution >= 0.6 is 23.2 Å². The topological polar surface area (TPSA) is 70.6 Å². The van der Waals surface area contributed by atoms with Crippen molar-refractivity contribution < 1.29 is 9.59 Å². The van der Waals surface area contributed by atoms with Gasteiger partial charge in [-0.2, -0.15) is 5.10 Å². The van der Waals surface area contributed by atoms with Crippen molar-refractivity contribution in [2.75, 3.05) is 0 Å². The summed E-state index contributed by atoms with van der Waals surface area (Å²) >= 11 is 11.8. The van der Waals surface area contributed by atoms with Crippen molar-refractivity contribution in [2.45, 2.75) is 18.9 Å². The zero-order valence-corrected chi connectivity index (χ0v) is 11.3. The number of amides is 2. The lowest BCUT2D eigenvalue weighted by Gasteiger charge is -2.01. The molecule has 0 bridgehead atoms. The van der Waals surface area contributed by atoms with Gasteiger partial charge in [-0.1, -0.05) is 35.3 Å². The van der Waals surface area contributed by atoms with Crippen LogP contribution < -0.4 is 10.7 Å². The van der Waals surface area contributed by atoms with Crippen LogP contribution in [-0.4, -0.2) is 24.1 Å². The van der Waals surface area contributed by atoms with Crippen LogP contribution in [-0.2, 0) is 9.59 Å². The number of nitrogens with one attached hydrogen (secondary N) is 2. The van der Waals surface area contributed by atoms with Gasteiger partial charge in [-0.25, -0.2) is 5.43 Å². The van der Waals surface area contributed by atoms with Crippen LogP contribution in [0, 0.1) is 0 Å². The minimum Gasteiger partial charge on any atom is -0.345 e. The molecule has 2 N–H and O–H groups in total. The second-order valence-electron chi connectivity index (χ2n) is 4.09. The summed E-state index contributed by atoms with van der Waals surface area (Å²) in [7, 11) is 0. The maximum atomic E-state index is 11.4. The van der Waals surface area contributed by atoms with Gasteiger partial charge >= 0.3 is 11.8 Å². The normalized spacial score (nSPS) is 14.4. The number of hydrazone groups is 1. The fourth-order valence-corrected chi connectivity index (χ4v) is 1.67. The summed E-state index contributed by atoms with van der Waals surface area (Å²) in [6.07, 6.45) is 3.16. The molecule has 1 aliphatic rings. The fourth-order valence-electron chi connectivity index (χ4n) is 1.31. The largest absolute Gasteiger partial charge is 0.345 e. The molecule has 0 aromatic heterocycles. The van der Waals surface area contributed by atoms with E-state index in [4.69, 9.17) is 23.2 Å². The highest BCUT2D eigenvalue weighted by atomic mass is 35.5. The lowest BCUT2D eigenvalue weighted by atomic mass is 10.2. The van der Waals surface area contributed by atoms with Crippen LogP contribution in [0.15, 0.2) is 23.3 Å². The van der Waals surface area contributed by atoms with Crippen molar-refractivity contribution in [3.63, 3.8) is 0 Å². The van der Waals surface area contributed by atoms with E-state index in [0.29, 0.717) is 15.6 Å². The summed E-state index contributed by atoms with van der Waals surface area (Å²) in [5, 5.41) is 6.94. The van der Waals surface area contributed by atoms with Crippen LogP contribution in [0.1, 0.15) is 18.4 Å². The summed E-state index contributed by atoms with van der Waals surface area (Å²) in [4.78, 5) is 22.7. The third kappa shape index (κ3) is 3.94. The van der Waals surface area contributed by atoms with Crippen molar-refractivity contribution in [3.8, 4) is 0 Å². The number of benzene rings is 1. The van der Waals surface area contributed by atoms with Gasteiger partial charge in [0.05, 0.1) is 16.3 Å². The van der Waals surface area contributed by atoms with E-state index in [1.807, 2.05) is 0 Å². The lowest BCUT2D eigenvalue weighted by Crippen LogP contribution is -2.38. The van der Waals surface area contributed by atoms with Gasteiger partial charge in [0.25, 0.3) is 0 Å². The molecule has 2 rings (SSSR count). The average molecular weight is 300 g/mol. The molecule has 1 saturated carbocycles. The Balaban J connectivity index is 1.90. The highest BCUT2D eigenvalue weighted by Crippen LogP contribution is 2.24. The number of hydrogen-bond acceptors (Lipinski definition) is 3. The molecule has 0 atom stereocenters. The van der Waals surface area contributed by atoms with Gasteiger partial charge in [-0.15, -0.1) is 0 Å². The predicted octanol–water partition coefficient (Wildman–Crippen LogP) is 1.72. The molecule has 0 heterocycles. The Morgan fingerprint density at radius 3 is 2.68 bits per heavy atom. The molecule has 7 heteroatoms. The van der Waals surface area contributed by atoms with Gasteiger partial charge in [0.15, 0.2) is 0 Å².